The van der Waals surface area contributed by atoms with Crippen molar-refractivity contribution in [3.63, 3.8) is 0 Å². The van der Waals surface area contributed by atoms with Crippen LogP contribution in [-0.2, 0) is 0 Å². The van der Waals surface area contributed by atoms with Crippen LogP contribution in [0.2, 0.25) is 0 Å². The van der Waals surface area contributed by atoms with Crippen molar-refractivity contribution in [2.75, 3.05) is 0 Å². The number of rotatable bonds is 3. The van der Waals surface area contributed by atoms with Crippen molar-refractivity contribution >= 4 is 11.7 Å². The van der Waals surface area contributed by atoms with E-state index in [9.17, 15) is 19.3 Å². The number of benzene rings is 2. The minimum atomic E-state index is -1.40. The van der Waals surface area contributed by atoms with Gasteiger partial charge < -0.3 is 5.11 Å². The van der Waals surface area contributed by atoms with Gasteiger partial charge >= 0.3 is 5.97 Å². The molecule has 0 amide bonds. The van der Waals surface area contributed by atoms with Crippen molar-refractivity contribution in [1.29, 1.82) is 0 Å². The molecule has 0 aliphatic rings. The molecule has 0 aromatic heterocycles. The largest absolute Gasteiger partial charge is 0.477 e. The summed E-state index contributed by atoms with van der Waals surface area (Å²) in [6.45, 7) is 0. The van der Waals surface area contributed by atoms with E-state index in [1.807, 2.05) is 0 Å². The van der Waals surface area contributed by atoms with Gasteiger partial charge in [0, 0.05) is 0 Å². The highest BCUT2D eigenvalue weighted by molar-refractivity contribution is 5.96. The van der Waals surface area contributed by atoms with Gasteiger partial charge in [-0.3, -0.25) is 10.1 Å². The number of hydrogen-bond acceptors (Lipinski definition) is 3. The highest BCUT2D eigenvalue weighted by Crippen LogP contribution is 2.33. The minimum absolute atomic E-state index is 0.0735. The molecule has 0 saturated carbocycles. The summed E-state index contributed by atoms with van der Waals surface area (Å²) in [5.41, 5.74) is -0.633. The quantitative estimate of drug-likeness (QED) is 0.680. The average Bonchev–Trinajstić information content (AvgIpc) is 2.37. The summed E-state index contributed by atoms with van der Waals surface area (Å²) in [6.07, 6.45) is 0. The van der Waals surface area contributed by atoms with E-state index < -0.39 is 28.0 Å². The van der Waals surface area contributed by atoms with E-state index in [-0.39, 0.29) is 11.1 Å². The number of nitro groups is 1. The maximum absolute atomic E-state index is 13.2. The van der Waals surface area contributed by atoms with Crippen LogP contribution in [0.3, 0.4) is 0 Å². The van der Waals surface area contributed by atoms with Gasteiger partial charge in [-0.25, -0.2) is 9.18 Å². The first-order valence-electron chi connectivity index (χ1n) is 5.27. The van der Waals surface area contributed by atoms with E-state index >= 15 is 0 Å². The van der Waals surface area contributed by atoms with Crippen LogP contribution in [0.15, 0.2) is 42.5 Å². The minimum Gasteiger partial charge on any atom is -0.477 e. The molecule has 0 atom stereocenters. The molecule has 0 unspecified atom stereocenters. The zero-order valence-corrected chi connectivity index (χ0v) is 9.54. The predicted octanol–water partition coefficient (Wildman–Crippen LogP) is 3.10. The number of para-hydroxylation sites is 1. The lowest BCUT2D eigenvalue weighted by Gasteiger charge is -2.05. The Kier molecular flexibility index (Phi) is 3.24. The molecule has 0 saturated heterocycles. The Morgan fingerprint density at radius 2 is 1.89 bits per heavy atom. The van der Waals surface area contributed by atoms with E-state index in [2.05, 4.69) is 0 Å². The zero-order valence-electron chi connectivity index (χ0n) is 9.54. The first kappa shape index (κ1) is 12.7. The van der Waals surface area contributed by atoms with Gasteiger partial charge in [-0.1, -0.05) is 18.2 Å². The summed E-state index contributed by atoms with van der Waals surface area (Å²) < 4.78 is 13.2. The van der Waals surface area contributed by atoms with Crippen LogP contribution < -0.4 is 0 Å². The van der Waals surface area contributed by atoms with Gasteiger partial charge in [0.1, 0.15) is 11.4 Å². The van der Waals surface area contributed by atoms with Crippen molar-refractivity contribution in [3.05, 3.63) is 64.0 Å². The van der Waals surface area contributed by atoms with E-state index in [1.165, 1.54) is 30.3 Å². The maximum Gasteiger partial charge on any atom is 0.342 e. The lowest BCUT2D eigenvalue weighted by molar-refractivity contribution is -0.384. The Balaban J connectivity index is 2.73. The lowest BCUT2D eigenvalue weighted by Crippen LogP contribution is -2.04. The molecule has 2 rings (SSSR count). The third-order valence-electron chi connectivity index (χ3n) is 2.58. The number of carboxylic acids is 1. The van der Waals surface area contributed by atoms with Gasteiger partial charge in [0.05, 0.1) is 10.5 Å². The molecule has 0 bridgehead atoms. The second-order valence-corrected chi connectivity index (χ2v) is 3.77. The van der Waals surface area contributed by atoms with Crippen LogP contribution in [0.4, 0.5) is 10.1 Å². The van der Waals surface area contributed by atoms with Crippen molar-refractivity contribution in [2.45, 2.75) is 0 Å². The second kappa shape index (κ2) is 4.85. The number of carbonyl (C=O) groups is 1. The molecular weight excluding hydrogens is 253 g/mol. The monoisotopic (exact) mass is 261 g/mol. The first-order chi connectivity index (χ1) is 9.00. The first-order valence-corrected chi connectivity index (χ1v) is 5.27. The summed E-state index contributed by atoms with van der Waals surface area (Å²) in [6, 6.07) is 9.13. The Labute approximate surface area is 107 Å². The summed E-state index contributed by atoms with van der Waals surface area (Å²) in [7, 11) is 0. The van der Waals surface area contributed by atoms with Gasteiger partial charge in [-0.05, 0) is 29.8 Å². The number of nitro benzene ring substituents is 1. The molecule has 0 spiro atoms. The van der Waals surface area contributed by atoms with Crippen LogP contribution in [0.1, 0.15) is 10.4 Å². The van der Waals surface area contributed by atoms with Crippen LogP contribution in [0.5, 0.6) is 0 Å². The summed E-state index contributed by atoms with van der Waals surface area (Å²) >= 11 is 0. The molecule has 0 fully saturated rings. The van der Waals surface area contributed by atoms with Gasteiger partial charge in [-0.2, -0.15) is 0 Å². The normalized spacial score (nSPS) is 10.2. The van der Waals surface area contributed by atoms with Gasteiger partial charge in [-0.15, -0.1) is 0 Å². The lowest BCUT2D eigenvalue weighted by atomic mass is 10.00. The number of carboxylic acid groups (broad SMARTS) is 1. The average molecular weight is 261 g/mol. The van der Waals surface area contributed by atoms with Gasteiger partial charge in [0.2, 0.25) is 0 Å². The maximum atomic E-state index is 13.2. The number of nitrogens with zero attached hydrogens (tertiary/aromatic N) is 1. The molecule has 6 heteroatoms. The predicted molar refractivity (Wildman–Crippen MR) is 65.4 cm³/mol. The molecule has 0 aliphatic carbocycles. The van der Waals surface area contributed by atoms with Gasteiger partial charge in [0.15, 0.2) is 0 Å². The second-order valence-electron chi connectivity index (χ2n) is 3.77. The standard InChI is InChI=1S/C13H8FNO4/c14-9-4-1-3-8(7-9)10-5-2-6-11(13(16)17)12(10)15(18)19/h1-7H,(H,16,17). The molecule has 19 heavy (non-hydrogen) atoms. The molecular formula is C13H8FNO4. The van der Waals surface area contributed by atoms with Crippen molar-refractivity contribution in [3.8, 4) is 11.1 Å². The highest BCUT2D eigenvalue weighted by Gasteiger charge is 2.24. The Morgan fingerprint density at radius 3 is 2.47 bits per heavy atom. The molecule has 0 radical (unpaired) electrons. The SMILES string of the molecule is O=C(O)c1cccc(-c2cccc(F)c2)c1[N+](=O)[O-]. The van der Waals surface area contributed by atoms with E-state index in [1.54, 1.807) is 0 Å². The molecule has 2 aromatic rings. The number of halogens is 1. The molecule has 2 aromatic carbocycles. The van der Waals surface area contributed by atoms with Crippen molar-refractivity contribution in [1.82, 2.24) is 0 Å². The Morgan fingerprint density at radius 1 is 1.21 bits per heavy atom. The number of hydrogen-bond donors (Lipinski definition) is 1. The third kappa shape index (κ3) is 2.42. The van der Waals surface area contributed by atoms with E-state index in [0.29, 0.717) is 0 Å². The molecule has 0 heterocycles. The van der Waals surface area contributed by atoms with Crippen LogP contribution in [0.25, 0.3) is 11.1 Å². The molecule has 0 aliphatic heterocycles. The van der Waals surface area contributed by atoms with Crippen molar-refractivity contribution < 1.29 is 19.2 Å². The smallest absolute Gasteiger partial charge is 0.342 e. The topological polar surface area (TPSA) is 80.4 Å². The van der Waals surface area contributed by atoms with Gasteiger partial charge in [0.25, 0.3) is 5.69 Å². The summed E-state index contributed by atoms with van der Waals surface area (Å²) in [4.78, 5) is 21.3. The molecule has 96 valence electrons. The number of aromatic carboxylic acids is 1. The fraction of sp³-hybridized carbons (Fsp3) is 0. The van der Waals surface area contributed by atoms with Crippen LogP contribution >= 0.6 is 0 Å². The van der Waals surface area contributed by atoms with E-state index in [0.717, 1.165) is 12.1 Å². The third-order valence-corrected chi connectivity index (χ3v) is 2.58. The Hall–Kier alpha value is -2.76. The molecule has 5 nitrogen and oxygen atoms in total. The van der Waals surface area contributed by atoms with E-state index in [4.69, 9.17) is 5.11 Å². The highest BCUT2D eigenvalue weighted by atomic mass is 19.1. The van der Waals surface area contributed by atoms with Crippen LogP contribution in [-0.4, -0.2) is 16.0 Å². The fourth-order valence-corrected chi connectivity index (χ4v) is 1.80. The molecule has 1 N–H and O–H groups in total. The fourth-order valence-electron chi connectivity index (χ4n) is 1.80. The Bertz CT molecular complexity index is 669. The summed E-state index contributed by atoms with van der Waals surface area (Å²) in [5.74, 6) is -1.95. The summed E-state index contributed by atoms with van der Waals surface area (Å²) in [5, 5.41) is 20.0. The zero-order chi connectivity index (χ0) is 14.0. The van der Waals surface area contributed by atoms with Crippen molar-refractivity contribution in [2.24, 2.45) is 0 Å². The van der Waals surface area contributed by atoms with Crippen LogP contribution in [0, 0.1) is 15.9 Å².